The first-order valence-corrected chi connectivity index (χ1v) is 6.62. The Hall–Kier alpha value is -1.89. The van der Waals surface area contributed by atoms with Gasteiger partial charge >= 0.3 is 0 Å². The molecule has 0 aliphatic carbocycles. The highest BCUT2D eigenvalue weighted by molar-refractivity contribution is 6.34. The Morgan fingerprint density at radius 1 is 1.40 bits per heavy atom. The van der Waals surface area contributed by atoms with Crippen LogP contribution >= 0.6 is 11.6 Å². The van der Waals surface area contributed by atoms with Crippen LogP contribution in [0.2, 0.25) is 5.02 Å². The highest BCUT2D eigenvalue weighted by Crippen LogP contribution is 2.19. The second kappa shape index (κ2) is 5.62. The van der Waals surface area contributed by atoms with Crippen molar-refractivity contribution in [2.75, 3.05) is 0 Å². The van der Waals surface area contributed by atoms with Crippen molar-refractivity contribution in [1.29, 1.82) is 0 Å². The first-order chi connectivity index (χ1) is 9.40. The second-order valence-electron chi connectivity index (χ2n) is 4.85. The predicted octanol–water partition coefficient (Wildman–Crippen LogP) is 2.37. The number of aromatic nitrogens is 4. The molecule has 0 aliphatic heterocycles. The molecule has 7 nitrogen and oxygen atoms in total. The summed E-state index contributed by atoms with van der Waals surface area (Å²) >= 11 is 5.97. The van der Waals surface area contributed by atoms with E-state index in [4.69, 9.17) is 16.1 Å². The van der Waals surface area contributed by atoms with E-state index >= 15 is 0 Å². The van der Waals surface area contributed by atoms with Crippen molar-refractivity contribution in [2.24, 2.45) is 0 Å². The molecule has 2 rings (SSSR count). The second-order valence-corrected chi connectivity index (χ2v) is 5.23. The van der Waals surface area contributed by atoms with Crippen LogP contribution in [0.1, 0.15) is 60.6 Å². The molecule has 1 amide bonds. The molecule has 0 saturated carbocycles. The van der Waals surface area contributed by atoms with Gasteiger partial charge in [0.1, 0.15) is 6.04 Å². The molecular weight excluding hydrogens is 282 g/mol. The number of hydrogen-bond acceptors (Lipinski definition) is 5. The van der Waals surface area contributed by atoms with Crippen LogP contribution in [0, 0.1) is 6.92 Å². The van der Waals surface area contributed by atoms with Crippen LogP contribution in [0.4, 0.5) is 0 Å². The van der Waals surface area contributed by atoms with E-state index < -0.39 is 11.9 Å². The minimum absolute atomic E-state index is 0.152. The fourth-order valence-electron chi connectivity index (χ4n) is 1.55. The van der Waals surface area contributed by atoms with E-state index in [-0.39, 0.29) is 11.6 Å². The molecule has 0 radical (unpaired) electrons. The van der Waals surface area contributed by atoms with Gasteiger partial charge < -0.3 is 9.84 Å². The lowest BCUT2D eigenvalue weighted by Crippen LogP contribution is -2.27. The molecular formula is C12H16ClN5O2. The summed E-state index contributed by atoms with van der Waals surface area (Å²) in [7, 11) is 0. The number of rotatable bonds is 4. The number of aryl methyl sites for hydroxylation is 1. The van der Waals surface area contributed by atoms with Crippen molar-refractivity contribution in [3.05, 3.63) is 28.1 Å². The first kappa shape index (κ1) is 14.5. The smallest absolute Gasteiger partial charge is 0.273 e. The Bertz CT molecular complexity index is 619. The summed E-state index contributed by atoms with van der Waals surface area (Å²) in [4.78, 5) is 16.3. The highest BCUT2D eigenvalue weighted by atomic mass is 35.5. The quantitative estimate of drug-likeness (QED) is 0.903. The fraction of sp³-hybridized carbons (Fsp3) is 0.500. The highest BCUT2D eigenvalue weighted by Gasteiger charge is 2.22. The Kier molecular flexibility index (Phi) is 4.08. The summed E-state index contributed by atoms with van der Waals surface area (Å²) in [6.45, 7) is 7.42. The number of amides is 1. The van der Waals surface area contributed by atoms with E-state index in [0.29, 0.717) is 22.4 Å². The Morgan fingerprint density at radius 3 is 2.60 bits per heavy atom. The van der Waals surface area contributed by atoms with E-state index in [1.807, 2.05) is 13.8 Å². The third-order valence-corrected chi connectivity index (χ3v) is 3.24. The van der Waals surface area contributed by atoms with Crippen LogP contribution in [0.5, 0.6) is 0 Å². The molecule has 0 aromatic carbocycles. The first-order valence-electron chi connectivity index (χ1n) is 6.25. The van der Waals surface area contributed by atoms with Crippen molar-refractivity contribution in [3.63, 3.8) is 0 Å². The van der Waals surface area contributed by atoms with Crippen LogP contribution < -0.4 is 5.32 Å². The molecule has 2 N–H and O–H groups in total. The van der Waals surface area contributed by atoms with Gasteiger partial charge in [-0.2, -0.15) is 10.1 Å². The summed E-state index contributed by atoms with van der Waals surface area (Å²) in [5.74, 6) is 0.732. The van der Waals surface area contributed by atoms with E-state index in [2.05, 4.69) is 25.7 Å². The van der Waals surface area contributed by atoms with E-state index in [1.165, 1.54) is 0 Å². The molecule has 2 aromatic rings. The minimum Gasteiger partial charge on any atom is -0.339 e. The molecule has 0 spiro atoms. The summed E-state index contributed by atoms with van der Waals surface area (Å²) < 4.78 is 5.12. The lowest BCUT2D eigenvalue weighted by atomic mass is 10.2. The maximum atomic E-state index is 12.0. The number of nitrogens with one attached hydrogen (secondary N) is 2. The van der Waals surface area contributed by atoms with Crippen molar-refractivity contribution in [2.45, 2.75) is 39.7 Å². The molecule has 0 aliphatic rings. The van der Waals surface area contributed by atoms with Gasteiger partial charge in [0.25, 0.3) is 5.91 Å². The minimum atomic E-state index is -0.421. The molecule has 1 atom stereocenters. The number of carbonyl (C=O) groups is 1. The number of H-pyrrole nitrogens is 1. The van der Waals surface area contributed by atoms with E-state index in [0.717, 1.165) is 0 Å². The maximum absolute atomic E-state index is 12.0. The standard InChI is InChI=1S/C12H16ClN5O2/c1-5(2)10-15-12(20-18-10)7(4)14-11(19)9-8(13)6(3)16-17-9/h5,7H,1-4H3,(H,14,19)(H,16,17)/t7-/m0/s1. The number of carbonyl (C=O) groups excluding carboxylic acids is 1. The van der Waals surface area contributed by atoms with Crippen molar-refractivity contribution >= 4 is 17.5 Å². The van der Waals surface area contributed by atoms with E-state index in [1.54, 1.807) is 13.8 Å². The summed E-state index contributed by atoms with van der Waals surface area (Å²) in [6.07, 6.45) is 0. The van der Waals surface area contributed by atoms with Gasteiger partial charge in [0.15, 0.2) is 11.5 Å². The molecule has 0 unspecified atom stereocenters. The van der Waals surface area contributed by atoms with Crippen LogP contribution in [-0.4, -0.2) is 26.2 Å². The average Bonchev–Trinajstić information content (AvgIpc) is 2.98. The zero-order valence-corrected chi connectivity index (χ0v) is 12.4. The van der Waals surface area contributed by atoms with Crippen molar-refractivity contribution < 1.29 is 9.32 Å². The largest absolute Gasteiger partial charge is 0.339 e. The zero-order chi connectivity index (χ0) is 14.9. The van der Waals surface area contributed by atoms with Gasteiger partial charge in [-0.1, -0.05) is 30.6 Å². The maximum Gasteiger partial charge on any atom is 0.273 e. The number of aromatic amines is 1. The third kappa shape index (κ3) is 2.82. The lowest BCUT2D eigenvalue weighted by Gasteiger charge is -2.08. The lowest BCUT2D eigenvalue weighted by molar-refractivity contribution is 0.0927. The SMILES string of the molecule is Cc1[nH]nc(C(=O)N[C@@H](C)c2nc(C(C)C)no2)c1Cl. The fourth-order valence-corrected chi connectivity index (χ4v) is 1.72. The Balaban J connectivity index is 2.09. The van der Waals surface area contributed by atoms with Gasteiger partial charge in [-0.3, -0.25) is 9.89 Å². The van der Waals surface area contributed by atoms with Gasteiger partial charge in [-0.25, -0.2) is 0 Å². The molecule has 108 valence electrons. The Morgan fingerprint density at radius 2 is 2.10 bits per heavy atom. The summed E-state index contributed by atoms with van der Waals surface area (Å²) in [6, 6.07) is -0.421. The van der Waals surface area contributed by atoms with Gasteiger partial charge in [-0.15, -0.1) is 0 Å². The average molecular weight is 298 g/mol. The topological polar surface area (TPSA) is 96.7 Å². The molecule has 2 heterocycles. The van der Waals surface area contributed by atoms with Crippen LogP contribution in [0.3, 0.4) is 0 Å². The van der Waals surface area contributed by atoms with Crippen LogP contribution in [0.25, 0.3) is 0 Å². The van der Waals surface area contributed by atoms with Gasteiger partial charge in [0.2, 0.25) is 5.89 Å². The van der Waals surface area contributed by atoms with Crippen molar-refractivity contribution in [1.82, 2.24) is 25.7 Å². The number of nitrogens with zero attached hydrogens (tertiary/aromatic N) is 3. The zero-order valence-electron chi connectivity index (χ0n) is 11.7. The van der Waals surface area contributed by atoms with Gasteiger partial charge in [-0.05, 0) is 13.8 Å². The van der Waals surface area contributed by atoms with Gasteiger partial charge in [0.05, 0.1) is 10.7 Å². The molecule has 0 saturated heterocycles. The summed E-state index contributed by atoms with van der Waals surface area (Å²) in [5.41, 5.74) is 0.795. The van der Waals surface area contributed by atoms with Crippen LogP contribution in [-0.2, 0) is 0 Å². The normalized spacial score (nSPS) is 12.7. The summed E-state index contributed by atoms with van der Waals surface area (Å²) in [5, 5.41) is 13.4. The molecule has 0 fully saturated rings. The third-order valence-electron chi connectivity index (χ3n) is 2.78. The predicted molar refractivity (Wildman–Crippen MR) is 72.6 cm³/mol. The Labute approximate surface area is 121 Å². The molecule has 20 heavy (non-hydrogen) atoms. The van der Waals surface area contributed by atoms with E-state index in [9.17, 15) is 4.79 Å². The monoisotopic (exact) mass is 297 g/mol. The number of halogens is 1. The van der Waals surface area contributed by atoms with Gasteiger partial charge in [0, 0.05) is 5.92 Å². The van der Waals surface area contributed by atoms with Crippen molar-refractivity contribution in [3.8, 4) is 0 Å². The molecule has 8 heteroatoms. The van der Waals surface area contributed by atoms with Crippen LogP contribution in [0.15, 0.2) is 4.52 Å². The number of hydrogen-bond donors (Lipinski definition) is 2. The molecule has 2 aromatic heterocycles. The molecule has 0 bridgehead atoms.